The van der Waals surface area contributed by atoms with Gasteiger partial charge in [0.25, 0.3) is 0 Å². The van der Waals surface area contributed by atoms with Crippen molar-refractivity contribution in [3.63, 3.8) is 0 Å². The van der Waals surface area contributed by atoms with Gasteiger partial charge in [0.1, 0.15) is 0 Å². The standard InChI is InChI=1S/C20H40O/c1-2-3-4-5-6-7-8-9-10-11-12-13-14-15-17-20-18-16-19-21-20/h20H,2-19H2,1H3. The van der Waals surface area contributed by atoms with Gasteiger partial charge in [-0.1, -0.05) is 96.8 Å². The van der Waals surface area contributed by atoms with E-state index >= 15 is 0 Å². The number of unbranched alkanes of at least 4 members (excludes halogenated alkanes) is 13. The summed E-state index contributed by atoms with van der Waals surface area (Å²) in [6.07, 6.45) is 24.9. The molecule has 126 valence electrons. The van der Waals surface area contributed by atoms with E-state index in [4.69, 9.17) is 4.74 Å². The van der Waals surface area contributed by atoms with Crippen molar-refractivity contribution in [2.75, 3.05) is 6.61 Å². The molecule has 0 amide bonds. The van der Waals surface area contributed by atoms with Crippen LogP contribution in [0, 0.1) is 0 Å². The molecule has 1 aliphatic heterocycles. The van der Waals surface area contributed by atoms with Crippen molar-refractivity contribution in [1.29, 1.82) is 0 Å². The van der Waals surface area contributed by atoms with Crippen LogP contribution >= 0.6 is 0 Å². The summed E-state index contributed by atoms with van der Waals surface area (Å²) >= 11 is 0. The van der Waals surface area contributed by atoms with Gasteiger partial charge in [0.05, 0.1) is 6.10 Å². The van der Waals surface area contributed by atoms with Gasteiger partial charge in [-0.05, 0) is 19.3 Å². The fourth-order valence-electron chi connectivity index (χ4n) is 3.44. The van der Waals surface area contributed by atoms with Crippen LogP contribution in [-0.2, 0) is 4.74 Å². The second kappa shape index (κ2) is 14.9. The number of hydrogen-bond donors (Lipinski definition) is 0. The van der Waals surface area contributed by atoms with Crippen LogP contribution in [0.2, 0.25) is 0 Å². The lowest BCUT2D eigenvalue weighted by molar-refractivity contribution is 0.102. The lowest BCUT2D eigenvalue weighted by Gasteiger charge is -2.08. The molecule has 0 aromatic heterocycles. The molecule has 1 fully saturated rings. The molecule has 0 bridgehead atoms. The Morgan fingerprint density at radius 1 is 0.667 bits per heavy atom. The molecule has 0 aliphatic carbocycles. The topological polar surface area (TPSA) is 9.23 Å². The van der Waals surface area contributed by atoms with Crippen LogP contribution in [0.5, 0.6) is 0 Å². The quantitative estimate of drug-likeness (QED) is 0.294. The van der Waals surface area contributed by atoms with E-state index in [0.717, 1.165) is 6.61 Å². The van der Waals surface area contributed by atoms with E-state index in [-0.39, 0.29) is 0 Å². The molecule has 1 unspecified atom stereocenters. The largest absolute Gasteiger partial charge is 0.378 e. The Kier molecular flexibility index (Phi) is 13.5. The Bertz CT molecular complexity index is 196. The minimum atomic E-state index is 0.613. The third-order valence-corrected chi connectivity index (χ3v) is 4.90. The molecular weight excluding hydrogens is 256 g/mol. The maximum atomic E-state index is 5.67. The molecule has 1 heterocycles. The summed E-state index contributed by atoms with van der Waals surface area (Å²) in [4.78, 5) is 0. The van der Waals surface area contributed by atoms with Crippen molar-refractivity contribution in [1.82, 2.24) is 0 Å². The predicted molar refractivity (Wildman–Crippen MR) is 93.9 cm³/mol. The van der Waals surface area contributed by atoms with Gasteiger partial charge >= 0.3 is 0 Å². The highest BCUT2D eigenvalue weighted by Crippen LogP contribution is 2.19. The SMILES string of the molecule is CCCCCCCCCCCCCCCCC1CCCO1. The van der Waals surface area contributed by atoms with Crippen molar-refractivity contribution in [2.24, 2.45) is 0 Å². The highest BCUT2D eigenvalue weighted by atomic mass is 16.5. The van der Waals surface area contributed by atoms with Crippen molar-refractivity contribution < 1.29 is 4.74 Å². The van der Waals surface area contributed by atoms with E-state index in [1.807, 2.05) is 0 Å². The zero-order valence-corrected chi connectivity index (χ0v) is 14.7. The monoisotopic (exact) mass is 296 g/mol. The Hall–Kier alpha value is -0.0400. The second-order valence-corrected chi connectivity index (χ2v) is 7.02. The molecule has 0 aromatic carbocycles. The number of hydrogen-bond acceptors (Lipinski definition) is 1. The van der Waals surface area contributed by atoms with Crippen LogP contribution in [-0.4, -0.2) is 12.7 Å². The van der Waals surface area contributed by atoms with Gasteiger partial charge in [0, 0.05) is 6.61 Å². The summed E-state index contributed by atoms with van der Waals surface area (Å²) in [5.74, 6) is 0. The van der Waals surface area contributed by atoms with Crippen LogP contribution in [0.3, 0.4) is 0 Å². The van der Waals surface area contributed by atoms with Gasteiger partial charge in [-0.2, -0.15) is 0 Å². The molecule has 0 N–H and O–H groups in total. The van der Waals surface area contributed by atoms with Crippen molar-refractivity contribution in [3.8, 4) is 0 Å². The van der Waals surface area contributed by atoms with Crippen molar-refractivity contribution >= 4 is 0 Å². The highest BCUT2D eigenvalue weighted by Gasteiger charge is 2.14. The Morgan fingerprint density at radius 2 is 1.14 bits per heavy atom. The van der Waals surface area contributed by atoms with Crippen LogP contribution in [0.25, 0.3) is 0 Å². The molecule has 0 radical (unpaired) electrons. The van der Waals surface area contributed by atoms with Gasteiger partial charge in [-0.25, -0.2) is 0 Å². The van der Waals surface area contributed by atoms with E-state index in [9.17, 15) is 0 Å². The Balaban J connectivity index is 1.65. The molecule has 1 heteroatoms. The van der Waals surface area contributed by atoms with Crippen LogP contribution < -0.4 is 0 Å². The van der Waals surface area contributed by atoms with E-state index in [2.05, 4.69) is 6.92 Å². The molecule has 0 saturated carbocycles. The first-order valence-electron chi connectivity index (χ1n) is 10.0. The van der Waals surface area contributed by atoms with Gasteiger partial charge in [-0.3, -0.25) is 0 Å². The number of rotatable bonds is 15. The average molecular weight is 297 g/mol. The first kappa shape index (κ1) is 19.0. The summed E-state index contributed by atoms with van der Waals surface area (Å²) in [6.45, 7) is 3.31. The molecule has 0 aromatic rings. The maximum absolute atomic E-state index is 5.67. The minimum absolute atomic E-state index is 0.613. The molecule has 1 aliphatic rings. The molecule has 1 saturated heterocycles. The zero-order chi connectivity index (χ0) is 15.0. The van der Waals surface area contributed by atoms with Crippen molar-refractivity contribution in [2.45, 2.75) is 122 Å². The normalized spacial score (nSPS) is 18.4. The first-order valence-corrected chi connectivity index (χ1v) is 10.0. The summed E-state index contributed by atoms with van der Waals surface area (Å²) in [6, 6.07) is 0. The minimum Gasteiger partial charge on any atom is -0.378 e. The average Bonchev–Trinajstić information content (AvgIpc) is 3.01. The number of ether oxygens (including phenoxy) is 1. The van der Waals surface area contributed by atoms with Crippen LogP contribution in [0.4, 0.5) is 0 Å². The fourth-order valence-corrected chi connectivity index (χ4v) is 3.44. The zero-order valence-electron chi connectivity index (χ0n) is 14.7. The van der Waals surface area contributed by atoms with Gasteiger partial charge < -0.3 is 4.74 Å². The summed E-state index contributed by atoms with van der Waals surface area (Å²) < 4.78 is 5.67. The van der Waals surface area contributed by atoms with Crippen LogP contribution in [0.1, 0.15) is 116 Å². The Morgan fingerprint density at radius 3 is 1.57 bits per heavy atom. The third kappa shape index (κ3) is 12.2. The van der Waals surface area contributed by atoms with E-state index in [1.165, 1.54) is 109 Å². The van der Waals surface area contributed by atoms with Gasteiger partial charge in [0.2, 0.25) is 0 Å². The maximum Gasteiger partial charge on any atom is 0.0576 e. The van der Waals surface area contributed by atoms with Crippen LogP contribution in [0.15, 0.2) is 0 Å². The lowest BCUT2D eigenvalue weighted by Crippen LogP contribution is -2.03. The fraction of sp³-hybridized carbons (Fsp3) is 1.00. The predicted octanol–water partition coefficient (Wildman–Crippen LogP) is 7.04. The highest BCUT2D eigenvalue weighted by molar-refractivity contribution is 4.64. The Labute approximate surface area is 134 Å². The second-order valence-electron chi connectivity index (χ2n) is 7.02. The first-order chi connectivity index (χ1) is 10.4. The molecule has 1 rings (SSSR count). The smallest absolute Gasteiger partial charge is 0.0576 e. The van der Waals surface area contributed by atoms with Gasteiger partial charge in [-0.15, -0.1) is 0 Å². The molecule has 0 spiro atoms. The summed E-state index contributed by atoms with van der Waals surface area (Å²) in [7, 11) is 0. The van der Waals surface area contributed by atoms with E-state index in [1.54, 1.807) is 0 Å². The molecule has 21 heavy (non-hydrogen) atoms. The lowest BCUT2D eigenvalue weighted by atomic mass is 10.0. The van der Waals surface area contributed by atoms with Gasteiger partial charge in [0.15, 0.2) is 0 Å². The van der Waals surface area contributed by atoms with E-state index in [0.29, 0.717) is 6.10 Å². The third-order valence-electron chi connectivity index (χ3n) is 4.90. The summed E-state index contributed by atoms with van der Waals surface area (Å²) in [5.41, 5.74) is 0. The van der Waals surface area contributed by atoms with E-state index < -0.39 is 0 Å². The molecular formula is C20H40O. The van der Waals surface area contributed by atoms with Crippen molar-refractivity contribution in [3.05, 3.63) is 0 Å². The molecule has 1 atom stereocenters. The molecule has 1 nitrogen and oxygen atoms in total. The summed E-state index contributed by atoms with van der Waals surface area (Å²) in [5, 5.41) is 0.